The Morgan fingerprint density at radius 3 is 2.73 bits per heavy atom. The Hall–Kier alpha value is -2.05. The Morgan fingerprint density at radius 2 is 2.09 bits per heavy atom. The molecule has 1 aromatic carbocycles. The van der Waals surface area contributed by atoms with E-state index in [0.29, 0.717) is 31.2 Å². The zero-order valence-electron chi connectivity index (χ0n) is 13.2. The third-order valence-electron chi connectivity index (χ3n) is 3.40. The Labute approximate surface area is 130 Å². The van der Waals surface area contributed by atoms with Crippen molar-refractivity contribution >= 4 is 0 Å². The van der Waals surface area contributed by atoms with Gasteiger partial charge in [-0.15, -0.1) is 0 Å². The molecule has 2 rings (SSSR count). The van der Waals surface area contributed by atoms with Gasteiger partial charge in [0.05, 0.1) is 25.0 Å². The van der Waals surface area contributed by atoms with Gasteiger partial charge in [-0.3, -0.25) is 0 Å². The van der Waals surface area contributed by atoms with Crippen LogP contribution < -0.4 is 14.8 Å². The molecule has 6 nitrogen and oxygen atoms in total. The third-order valence-corrected chi connectivity index (χ3v) is 3.40. The minimum atomic E-state index is 0.121. The lowest BCUT2D eigenvalue weighted by atomic mass is 10.2. The van der Waals surface area contributed by atoms with E-state index >= 15 is 0 Å². The van der Waals surface area contributed by atoms with E-state index in [-0.39, 0.29) is 6.61 Å². The minimum Gasteiger partial charge on any atom is -0.493 e. The van der Waals surface area contributed by atoms with Crippen molar-refractivity contribution < 1.29 is 19.1 Å². The fourth-order valence-electron chi connectivity index (χ4n) is 2.11. The van der Waals surface area contributed by atoms with Crippen LogP contribution in [0.4, 0.5) is 0 Å². The molecule has 0 radical (unpaired) electrons. The molecular formula is C16H22N2O4. The van der Waals surface area contributed by atoms with Crippen molar-refractivity contribution in [2.24, 2.45) is 0 Å². The number of aryl methyl sites for hydroxylation is 2. The molecule has 22 heavy (non-hydrogen) atoms. The van der Waals surface area contributed by atoms with E-state index in [1.807, 2.05) is 32.0 Å². The Bertz CT molecular complexity index is 591. The SMILES string of the molecule is COc1cc(CNCCO)ccc1OCc1c(C)noc1C. The van der Waals surface area contributed by atoms with Crippen LogP contribution in [0.5, 0.6) is 11.5 Å². The van der Waals surface area contributed by atoms with Gasteiger partial charge in [0.15, 0.2) is 11.5 Å². The molecular weight excluding hydrogens is 284 g/mol. The number of hydrogen-bond acceptors (Lipinski definition) is 6. The average molecular weight is 306 g/mol. The highest BCUT2D eigenvalue weighted by Gasteiger charge is 2.12. The number of benzene rings is 1. The predicted octanol–water partition coefficient (Wildman–Crippen LogP) is 1.96. The highest BCUT2D eigenvalue weighted by atomic mass is 16.5. The normalized spacial score (nSPS) is 10.7. The second-order valence-corrected chi connectivity index (χ2v) is 4.98. The molecule has 0 aliphatic carbocycles. The minimum absolute atomic E-state index is 0.121. The van der Waals surface area contributed by atoms with E-state index in [2.05, 4.69) is 10.5 Å². The van der Waals surface area contributed by atoms with Crippen LogP contribution in [-0.2, 0) is 13.2 Å². The topological polar surface area (TPSA) is 76.8 Å². The van der Waals surface area contributed by atoms with Crippen LogP contribution in [0.15, 0.2) is 22.7 Å². The fraction of sp³-hybridized carbons (Fsp3) is 0.438. The molecule has 0 saturated heterocycles. The van der Waals surface area contributed by atoms with Gasteiger partial charge in [0.25, 0.3) is 0 Å². The maximum atomic E-state index is 8.77. The molecule has 1 heterocycles. The summed E-state index contributed by atoms with van der Waals surface area (Å²) in [6.07, 6.45) is 0. The first-order valence-corrected chi connectivity index (χ1v) is 7.18. The van der Waals surface area contributed by atoms with Crippen molar-refractivity contribution in [1.29, 1.82) is 0 Å². The molecule has 0 saturated carbocycles. The number of ether oxygens (including phenoxy) is 2. The molecule has 2 N–H and O–H groups in total. The highest BCUT2D eigenvalue weighted by Crippen LogP contribution is 2.29. The van der Waals surface area contributed by atoms with Crippen LogP contribution in [0.1, 0.15) is 22.6 Å². The number of aliphatic hydroxyl groups excluding tert-OH is 1. The molecule has 120 valence electrons. The number of rotatable bonds is 8. The summed E-state index contributed by atoms with van der Waals surface area (Å²) in [7, 11) is 1.61. The van der Waals surface area contributed by atoms with Crippen LogP contribution in [0, 0.1) is 13.8 Å². The Balaban J connectivity index is 2.04. The first-order valence-electron chi connectivity index (χ1n) is 7.18. The summed E-state index contributed by atoms with van der Waals surface area (Å²) in [5.74, 6) is 2.12. The molecule has 0 bridgehead atoms. The Morgan fingerprint density at radius 1 is 1.27 bits per heavy atom. The number of aromatic nitrogens is 1. The second kappa shape index (κ2) is 7.82. The molecule has 0 fully saturated rings. The zero-order valence-corrected chi connectivity index (χ0v) is 13.2. The van der Waals surface area contributed by atoms with E-state index in [4.69, 9.17) is 19.1 Å². The standard InChI is InChI=1S/C16H22N2O4/c1-11-14(12(2)22-18-11)10-21-15-5-4-13(8-16(15)20-3)9-17-6-7-19/h4-5,8,17,19H,6-7,9-10H2,1-3H3. The Kier molecular flexibility index (Phi) is 5.80. The van der Waals surface area contributed by atoms with Gasteiger partial charge in [-0.2, -0.15) is 0 Å². The summed E-state index contributed by atoms with van der Waals surface area (Å²) in [4.78, 5) is 0. The van der Waals surface area contributed by atoms with Crippen molar-refractivity contribution in [2.45, 2.75) is 27.0 Å². The van der Waals surface area contributed by atoms with Crippen LogP contribution >= 0.6 is 0 Å². The van der Waals surface area contributed by atoms with Gasteiger partial charge in [0.1, 0.15) is 12.4 Å². The van der Waals surface area contributed by atoms with Gasteiger partial charge >= 0.3 is 0 Å². The maximum Gasteiger partial charge on any atom is 0.161 e. The van der Waals surface area contributed by atoms with Crippen molar-refractivity contribution in [1.82, 2.24) is 10.5 Å². The van der Waals surface area contributed by atoms with E-state index < -0.39 is 0 Å². The number of aliphatic hydroxyl groups is 1. The van der Waals surface area contributed by atoms with Gasteiger partial charge in [0, 0.05) is 13.1 Å². The fourth-order valence-corrected chi connectivity index (χ4v) is 2.11. The zero-order chi connectivity index (χ0) is 15.9. The smallest absolute Gasteiger partial charge is 0.161 e. The van der Waals surface area contributed by atoms with Crippen LogP contribution in [-0.4, -0.2) is 30.5 Å². The molecule has 2 aromatic rings. The molecule has 0 aliphatic heterocycles. The van der Waals surface area contributed by atoms with Gasteiger partial charge in [0.2, 0.25) is 0 Å². The lowest BCUT2D eigenvalue weighted by Gasteiger charge is -2.12. The molecule has 0 atom stereocenters. The van der Waals surface area contributed by atoms with Gasteiger partial charge in [-0.1, -0.05) is 11.2 Å². The monoisotopic (exact) mass is 306 g/mol. The first-order chi connectivity index (χ1) is 10.7. The van der Waals surface area contributed by atoms with E-state index in [1.54, 1.807) is 7.11 Å². The highest BCUT2D eigenvalue weighted by molar-refractivity contribution is 5.43. The third kappa shape index (κ3) is 3.99. The number of nitrogens with zero attached hydrogens (tertiary/aromatic N) is 1. The number of nitrogens with one attached hydrogen (secondary N) is 1. The lowest BCUT2D eigenvalue weighted by molar-refractivity contribution is 0.281. The van der Waals surface area contributed by atoms with Crippen LogP contribution in [0.25, 0.3) is 0 Å². The molecule has 1 aromatic heterocycles. The van der Waals surface area contributed by atoms with Crippen LogP contribution in [0.2, 0.25) is 0 Å². The predicted molar refractivity (Wildman–Crippen MR) is 82.1 cm³/mol. The van der Waals surface area contributed by atoms with Gasteiger partial charge in [-0.25, -0.2) is 0 Å². The quantitative estimate of drug-likeness (QED) is 0.726. The van der Waals surface area contributed by atoms with Gasteiger partial charge in [-0.05, 0) is 31.5 Å². The van der Waals surface area contributed by atoms with E-state index in [1.165, 1.54) is 0 Å². The van der Waals surface area contributed by atoms with Crippen molar-refractivity contribution in [3.63, 3.8) is 0 Å². The van der Waals surface area contributed by atoms with Crippen molar-refractivity contribution in [3.8, 4) is 11.5 Å². The van der Waals surface area contributed by atoms with E-state index in [9.17, 15) is 0 Å². The maximum absolute atomic E-state index is 8.77. The van der Waals surface area contributed by atoms with Crippen molar-refractivity contribution in [2.75, 3.05) is 20.3 Å². The summed E-state index contributed by atoms with van der Waals surface area (Å²) < 4.78 is 16.3. The number of hydrogen-bond donors (Lipinski definition) is 2. The first kappa shape index (κ1) is 16.3. The summed E-state index contributed by atoms with van der Waals surface area (Å²) >= 11 is 0. The summed E-state index contributed by atoms with van der Waals surface area (Å²) in [6, 6.07) is 5.77. The number of methoxy groups -OCH3 is 1. The summed E-state index contributed by atoms with van der Waals surface area (Å²) in [6.45, 7) is 5.50. The molecule has 0 aliphatic rings. The largest absolute Gasteiger partial charge is 0.493 e. The molecule has 0 unspecified atom stereocenters. The molecule has 0 amide bonds. The molecule has 0 spiro atoms. The lowest BCUT2D eigenvalue weighted by Crippen LogP contribution is -2.17. The van der Waals surface area contributed by atoms with Gasteiger partial charge < -0.3 is 24.4 Å². The van der Waals surface area contributed by atoms with Crippen molar-refractivity contribution in [3.05, 3.63) is 40.8 Å². The molecule has 6 heteroatoms. The summed E-state index contributed by atoms with van der Waals surface area (Å²) in [5.41, 5.74) is 2.85. The van der Waals surface area contributed by atoms with Crippen LogP contribution in [0.3, 0.4) is 0 Å². The second-order valence-electron chi connectivity index (χ2n) is 4.98. The summed E-state index contributed by atoms with van der Waals surface area (Å²) in [5, 5.41) is 15.8. The van der Waals surface area contributed by atoms with E-state index in [0.717, 1.165) is 22.6 Å². The average Bonchev–Trinajstić information content (AvgIpc) is 2.85.